The highest BCUT2D eigenvalue weighted by Crippen LogP contribution is 2.42. The van der Waals surface area contributed by atoms with Gasteiger partial charge in [0.05, 0.1) is 22.6 Å². The van der Waals surface area contributed by atoms with Crippen molar-refractivity contribution in [3.05, 3.63) is 18.2 Å². The lowest BCUT2D eigenvalue weighted by Crippen LogP contribution is -2.41. The highest BCUT2D eigenvalue weighted by atomic mass is 32.2. The van der Waals surface area contributed by atoms with Crippen molar-refractivity contribution in [2.45, 2.75) is 59.7 Å². The van der Waals surface area contributed by atoms with Gasteiger partial charge in [0.1, 0.15) is 0 Å². The van der Waals surface area contributed by atoms with E-state index < -0.39 is 28.5 Å². The van der Waals surface area contributed by atoms with Crippen LogP contribution in [-0.2, 0) is 19.5 Å². The van der Waals surface area contributed by atoms with E-state index in [2.05, 4.69) is 0 Å². The first-order valence-corrected chi connectivity index (χ1v) is 10.3. The molecule has 2 heterocycles. The first-order chi connectivity index (χ1) is 11.7. The minimum atomic E-state index is -3.56. The molecule has 0 spiro atoms. The molecule has 0 atom stereocenters. The molecule has 0 amide bonds. The molecule has 0 unspecified atom stereocenters. The summed E-state index contributed by atoms with van der Waals surface area (Å²) in [6.45, 7) is 14.5. The van der Waals surface area contributed by atoms with Crippen molar-refractivity contribution < 1.29 is 17.7 Å². The smallest absolute Gasteiger partial charge is 0.399 e. The van der Waals surface area contributed by atoms with Crippen LogP contribution in [0.1, 0.15) is 48.5 Å². The lowest BCUT2D eigenvalue weighted by Gasteiger charge is -2.32. The first kappa shape index (κ1) is 19.5. The Morgan fingerprint density at radius 1 is 1.04 bits per heavy atom. The van der Waals surface area contributed by atoms with Crippen molar-refractivity contribution in [1.82, 2.24) is 0 Å². The molecule has 1 fully saturated rings. The van der Waals surface area contributed by atoms with Gasteiger partial charge in [-0.25, -0.2) is 0 Å². The van der Waals surface area contributed by atoms with Crippen LogP contribution in [-0.4, -0.2) is 40.3 Å². The SMILES string of the molecule is CN1c2cc(B3OC(C)(C)C(C)(C)O3)ccc2N(CC(C)(C)C)S1(=O)=O. The molecule has 26 heavy (non-hydrogen) atoms. The average molecular weight is 380 g/mol. The molecule has 1 aromatic rings. The molecule has 2 aliphatic rings. The maximum atomic E-state index is 12.9. The number of hydrogen-bond donors (Lipinski definition) is 0. The molecular formula is C18H29BN2O4S. The monoisotopic (exact) mass is 380 g/mol. The lowest BCUT2D eigenvalue weighted by atomic mass is 9.78. The fourth-order valence-corrected chi connectivity index (χ4v) is 4.77. The van der Waals surface area contributed by atoms with Gasteiger partial charge in [-0.1, -0.05) is 26.8 Å². The number of nitrogens with zero attached hydrogens (tertiary/aromatic N) is 2. The van der Waals surface area contributed by atoms with Crippen molar-refractivity contribution in [1.29, 1.82) is 0 Å². The van der Waals surface area contributed by atoms with Crippen LogP contribution in [0.3, 0.4) is 0 Å². The third kappa shape index (κ3) is 3.02. The molecule has 6 nitrogen and oxygen atoms in total. The zero-order valence-electron chi connectivity index (χ0n) is 17.0. The summed E-state index contributed by atoms with van der Waals surface area (Å²) in [5.41, 5.74) is 1.14. The first-order valence-electron chi connectivity index (χ1n) is 8.92. The van der Waals surface area contributed by atoms with Gasteiger partial charge < -0.3 is 9.31 Å². The van der Waals surface area contributed by atoms with Crippen molar-refractivity contribution in [2.75, 3.05) is 22.2 Å². The Hall–Kier alpha value is -1.25. The van der Waals surface area contributed by atoms with Gasteiger partial charge in [-0.3, -0.25) is 8.61 Å². The standard InChI is InChI=1S/C18H29BN2O4S/c1-16(2,3)12-21-14-10-9-13(11-15(14)20(8)26(21,22)23)19-24-17(4,5)18(6,7)25-19/h9-11H,12H2,1-8H3. The second kappa shape index (κ2) is 5.63. The second-order valence-electron chi connectivity index (χ2n) is 9.38. The van der Waals surface area contributed by atoms with E-state index in [0.29, 0.717) is 17.9 Å². The van der Waals surface area contributed by atoms with Gasteiger partial charge in [0.2, 0.25) is 0 Å². The Morgan fingerprint density at radius 3 is 2.08 bits per heavy atom. The summed E-state index contributed by atoms with van der Waals surface area (Å²) in [7, 11) is -2.49. The summed E-state index contributed by atoms with van der Waals surface area (Å²) in [5.74, 6) is 0. The van der Waals surface area contributed by atoms with Gasteiger partial charge in [-0.2, -0.15) is 8.42 Å². The Labute approximate surface area is 157 Å². The summed E-state index contributed by atoms with van der Waals surface area (Å²) in [5, 5.41) is 0. The average Bonchev–Trinajstić information content (AvgIpc) is 2.80. The molecule has 1 aromatic carbocycles. The van der Waals surface area contributed by atoms with Crippen LogP contribution in [0, 0.1) is 5.41 Å². The lowest BCUT2D eigenvalue weighted by molar-refractivity contribution is 0.00578. The van der Waals surface area contributed by atoms with Crippen molar-refractivity contribution in [2.24, 2.45) is 5.41 Å². The normalized spacial score (nSPS) is 23.5. The highest BCUT2D eigenvalue weighted by molar-refractivity contribution is 7.94. The van der Waals surface area contributed by atoms with Crippen LogP contribution >= 0.6 is 0 Å². The zero-order chi connectivity index (χ0) is 19.7. The fourth-order valence-electron chi connectivity index (χ4n) is 3.12. The minimum Gasteiger partial charge on any atom is -0.399 e. The molecular weight excluding hydrogens is 351 g/mol. The third-order valence-corrected chi connectivity index (χ3v) is 7.15. The molecule has 0 aromatic heterocycles. The van der Waals surface area contributed by atoms with Crippen LogP contribution in [0.4, 0.5) is 11.4 Å². The molecule has 0 bridgehead atoms. The van der Waals surface area contributed by atoms with E-state index in [1.165, 1.54) is 8.61 Å². The number of anilines is 2. The molecule has 0 radical (unpaired) electrons. The summed E-state index contributed by atoms with van der Waals surface area (Å²) in [6.07, 6.45) is 0. The summed E-state index contributed by atoms with van der Waals surface area (Å²) < 4.78 is 40.7. The van der Waals surface area contributed by atoms with E-state index >= 15 is 0 Å². The quantitative estimate of drug-likeness (QED) is 0.740. The number of rotatable bonds is 2. The Morgan fingerprint density at radius 2 is 1.58 bits per heavy atom. The molecule has 1 saturated heterocycles. The predicted molar refractivity (Wildman–Crippen MR) is 106 cm³/mol. The van der Waals surface area contributed by atoms with Gasteiger partial charge in [0, 0.05) is 13.6 Å². The Balaban J connectivity index is 1.99. The van der Waals surface area contributed by atoms with Crippen LogP contribution in [0.2, 0.25) is 0 Å². The van der Waals surface area contributed by atoms with Crippen molar-refractivity contribution in [3.63, 3.8) is 0 Å². The molecule has 144 valence electrons. The number of benzene rings is 1. The minimum absolute atomic E-state index is 0.153. The fraction of sp³-hybridized carbons (Fsp3) is 0.667. The summed E-state index contributed by atoms with van der Waals surface area (Å²) in [4.78, 5) is 0. The Kier molecular flexibility index (Phi) is 4.22. The molecule has 8 heteroatoms. The molecule has 0 N–H and O–H groups in total. The highest BCUT2D eigenvalue weighted by Gasteiger charge is 2.52. The zero-order valence-corrected chi connectivity index (χ0v) is 17.8. The van der Waals surface area contributed by atoms with Gasteiger partial charge in [-0.15, -0.1) is 0 Å². The van der Waals surface area contributed by atoms with Gasteiger partial charge >= 0.3 is 17.3 Å². The molecule has 3 rings (SSSR count). The van der Waals surface area contributed by atoms with E-state index in [-0.39, 0.29) is 5.41 Å². The van der Waals surface area contributed by atoms with Gasteiger partial charge in [-0.05, 0) is 50.7 Å². The van der Waals surface area contributed by atoms with E-state index in [4.69, 9.17) is 9.31 Å². The predicted octanol–water partition coefficient (Wildman–Crippen LogP) is 2.53. The van der Waals surface area contributed by atoms with Gasteiger partial charge in [0.15, 0.2) is 0 Å². The van der Waals surface area contributed by atoms with Crippen LogP contribution in [0.15, 0.2) is 18.2 Å². The van der Waals surface area contributed by atoms with Crippen molar-refractivity contribution in [3.8, 4) is 0 Å². The largest absolute Gasteiger partial charge is 0.494 e. The summed E-state index contributed by atoms with van der Waals surface area (Å²) >= 11 is 0. The van der Waals surface area contributed by atoms with E-state index in [0.717, 1.165) is 5.46 Å². The topological polar surface area (TPSA) is 59.1 Å². The van der Waals surface area contributed by atoms with Crippen LogP contribution < -0.4 is 14.1 Å². The summed E-state index contributed by atoms with van der Waals surface area (Å²) in [6, 6.07) is 5.60. The number of fused-ring (bicyclic) bond motifs is 1. The van der Waals surface area contributed by atoms with E-state index in [9.17, 15) is 8.42 Å². The van der Waals surface area contributed by atoms with Crippen molar-refractivity contribution >= 4 is 34.2 Å². The number of hydrogen-bond acceptors (Lipinski definition) is 4. The Bertz CT molecular complexity index is 814. The van der Waals surface area contributed by atoms with Crippen LogP contribution in [0.25, 0.3) is 0 Å². The second-order valence-corrected chi connectivity index (χ2v) is 11.3. The van der Waals surface area contributed by atoms with E-state index in [1.807, 2.05) is 66.7 Å². The molecule has 2 aliphatic heterocycles. The maximum Gasteiger partial charge on any atom is 0.494 e. The van der Waals surface area contributed by atoms with E-state index in [1.54, 1.807) is 7.05 Å². The molecule has 0 aliphatic carbocycles. The maximum absolute atomic E-state index is 12.9. The molecule has 0 saturated carbocycles. The van der Waals surface area contributed by atoms with Gasteiger partial charge in [0.25, 0.3) is 0 Å². The third-order valence-electron chi connectivity index (χ3n) is 5.38. The van der Waals surface area contributed by atoms with Crippen LogP contribution in [0.5, 0.6) is 0 Å².